The van der Waals surface area contributed by atoms with Gasteiger partial charge < -0.3 is 19.3 Å². The lowest BCUT2D eigenvalue weighted by molar-refractivity contribution is -0.00643. The number of anilines is 1. The summed E-state index contributed by atoms with van der Waals surface area (Å²) in [6.07, 6.45) is -0.291. The topological polar surface area (TPSA) is 95.6 Å². The van der Waals surface area contributed by atoms with Crippen LogP contribution in [0.5, 0.6) is 0 Å². The van der Waals surface area contributed by atoms with Gasteiger partial charge in [-0.05, 0) is 25.0 Å². The van der Waals surface area contributed by atoms with Gasteiger partial charge in [0.2, 0.25) is 5.89 Å². The molecule has 0 aromatic carbocycles. The van der Waals surface area contributed by atoms with Gasteiger partial charge in [-0.1, -0.05) is 0 Å². The van der Waals surface area contributed by atoms with Crippen LogP contribution in [0.2, 0.25) is 0 Å². The number of hydrogen-bond donors (Lipinski definition) is 1. The van der Waals surface area contributed by atoms with Gasteiger partial charge in [0, 0.05) is 37.8 Å². The number of piperidine rings is 1. The second-order valence-corrected chi connectivity index (χ2v) is 6.78. The first-order chi connectivity index (χ1) is 12.5. The molecule has 4 heterocycles. The number of halogens is 2. The number of rotatable bonds is 3. The van der Waals surface area contributed by atoms with Crippen LogP contribution in [0.25, 0.3) is 11.5 Å². The number of nitrogens with zero attached hydrogens (tertiary/aromatic N) is 5. The van der Waals surface area contributed by atoms with Crippen LogP contribution < -0.4 is 4.90 Å². The number of carbonyl (C=O) groups is 1. The normalized spacial score (nSPS) is 19.0. The van der Waals surface area contributed by atoms with Crippen LogP contribution in [0.4, 0.5) is 19.4 Å². The number of pyridine rings is 1. The summed E-state index contributed by atoms with van der Waals surface area (Å²) in [4.78, 5) is 18.9. The number of alkyl halides is 2. The molecule has 1 amide bonds. The zero-order chi connectivity index (χ0) is 18.3. The van der Waals surface area contributed by atoms with Gasteiger partial charge in [0.1, 0.15) is 5.82 Å². The summed E-state index contributed by atoms with van der Waals surface area (Å²) in [6, 6.07) is 3.51. The lowest BCUT2D eigenvalue weighted by Gasteiger charge is -2.53. The number of amides is 1. The molecule has 2 saturated heterocycles. The van der Waals surface area contributed by atoms with E-state index in [1.54, 1.807) is 12.1 Å². The molecule has 0 unspecified atom stereocenters. The van der Waals surface area contributed by atoms with Gasteiger partial charge >= 0.3 is 12.5 Å². The molecule has 4 rings (SSSR count). The van der Waals surface area contributed by atoms with E-state index in [4.69, 9.17) is 9.52 Å². The quantitative estimate of drug-likeness (QED) is 0.893. The number of aromatic nitrogens is 3. The van der Waals surface area contributed by atoms with Gasteiger partial charge in [0.25, 0.3) is 5.89 Å². The summed E-state index contributed by atoms with van der Waals surface area (Å²) in [5, 5.41) is 15.9. The molecule has 8 nitrogen and oxygen atoms in total. The van der Waals surface area contributed by atoms with E-state index in [1.807, 2.05) is 0 Å². The highest BCUT2D eigenvalue weighted by Crippen LogP contribution is 2.41. The molecule has 0 atom stereocenters. The minimum Gasteiger partial charge on any atom is -0.465 e. The van der Waals surface area contributed by atoms with Gasteiger partial charge in [-0.3, -0.25) is 0 Å². The fourth-order valence-electron chi connectivity index (χ4n) is 3.56. The standard InChI is InChI=1S/C16H17F2N5O3/c17-12(18)14-21-20-13(26-14)10-1-2-11(19-7-10)22-5-3-16(4-6-22)8-23(9-16)15(24)25/h1-2,7,12H,3-6,8-9H2,(H,24,25). The average molecular weight is 365 g/mol. The second kappa shape index (κ2) is 6.19. The Hall–Kier alpha value is -2.78. The van der Waals surface area contributed by atoms with E-state index >= 15 is 0 Å². The van der Waals surface area contributed by atoms with Crippen LogP contribution in [0.3, 0.4) is 0 Å². The summed E-state index contributed by atoms with van der Waals surface area (Å²) in [5.74, 6) is 0.0908. The van der Waals surface area contributed by atoms with E-state index in [0.29, 0.717) is 18.7 Å². The molecular formula is C16H17F2N5O3. The van der Waals surface area contributed by atoms with Crippen LogP contribution in [-0.2, 0) is 0 Å². The monoisotopic (exact) mass is 365 g/mol. The summed E-state index contributed by atoms with van der Waals surface area (Å²) in [5.41, 5.74) is 0.585. The summed E-state index contributed by atoms with van der Waals surface area (Å²) >= 11 is 0. The maximum absolute atomic E-state index is 12.5. The summed E-state index contributed by atoms with van der Waals surface area (Å²) in [6.45, 7) is 2.81. The fourth-order valence-corrected chi connectivity index (χ4v) is 3.56. The molecule has 2 fully saturated rings. The highest BCUT2D eigenvalue weighted by atomic mass is 19.3. The maximum Gasteiger partial charge on any atom is 0.407 e. The zero-order valence-corrected chi connectivity index (χ0v) is 13.8. The minimum absolute atomic E-state index is 0.0141. The van der Waals surface area contributed by atoms with Gasteiger partial charge in [-0.25, -0.2) is 9.78 Å². The first kappa shape index (κ1) is 16.7. The number of likely N-dealkylation sites (tertiary alicyclic amines) is 1. The van der Waals surface area contributed by atoms with Crippen molar-refractivity contribution in [2.24, 2.45) is 5.41 Å². The van der Waals surface area contributed by atoms with E-state index in [1.165, 1.54) is 11.1 Å². The lowest BCUT2D eigenvalue weighted by atomic mass is 9.72. The van der Waals surface area contributed by atoms with Crippen molar-refractivity contribution in [3.8, 4) is 11.5 Å². The first-order valence-corrected chi connectivity index (χ1v) is 8.27. The largest absolute Gasteiger partial charge is 0.465 e. The smallest absolute Gasteiger partial charge is 0.407 e. The van der Waals surface area contributed by atoms with Crippen molar-refractivity contribution in [1.29, 1.82) is 0 Å². The van der Waals surface area contributed by atoms with Crippen LogP contribution in [0, 0.1) is 5.41 Å². The fraction of sp³-hybridized carbons (Fsp3) is 0.500. The van der Waals surface area contributed by atoms with E-state index in [-0.39, 0.29) is 11.3 Å². The highest BCUT2D eigenvalue weighted by molar-refractivity contribution is 5.66. The predicted octanol–water partition coefficient (Wildman–Crippen LogP) is 2.65. The molecule has 2 aliphatic heterocycles. The highest BCUT2D eigenvalue weighted by Gasteiger charge is 2.46. The lowest BCUT2D eigenvalue weighted by Crippen LogP contribution is -2.61. The third-order valence-corrected chi connectivity index (χ3v) is 5.09. The Labute approximate surface area is 147 Å². The summed E-state index contributed by atoms with van der Waals surface area (Å²) in [7, 11) is 0. The molecular weight excluding hydrogens is 348 g/mol. The van der Waals surface area contributed by atoms with Crippen molar-refractivity contribution < 1.29 is 23.1 Å². The molecule has 1 N–H and O–H groups in total. The van der Waals surface area contributed by atoms with Gasteiger partial charge in [0.05, 0.1) is 5.56 Å². The Bertz CT molecular complexity index is 794. The molecule has 0 saturated carbocycles. The second-order valence-electron chi connectivity index (χ2n) is 6.78. The van der Waals surface area contributed by atoms with E-state index < -0.39 is 18.4 Å². The molecule has 1 spiro atoms. The maximum atomic E-state index is 12.5. The zero-order valence-electron chi connectivity index (χ0n) is 13.8. The third kappa shape index (κ3) is 2.95. The molecule has 2 aromatic rings. The van der Waals surface area contributed by atoms with Gasteiger partial charge in [-0.2, -0.15) is 8.78 Å². The first-order valence-electron chi connectivity index (χ1n) is 8.27. The molecule has 10 heteroatoms. The van der Waals surface area contributed by atoms with Crippen LogP contribution in [0.1, 0.15) is 25.2 Å². The van der Waals surface area contributed by atoms with Crippen molar-refractivity contribution in [3.63, 3.8) is 0 Å². The Morgan fingerprint density at radius 3 is 2.50 bits per heavy atom. The Morgan fingerprint density at radius 2 is 1.96 bits per heavy atom. The van der Waals surface area contributed by atoms with Crippen LogP contribution in [-0.4, -0.2) is 57.5 Å². The molecule has 2 aliphatic rings. The van der Waals surface area contributed by atoms with Crippen molar-refractivity contribution >= 4 is 11.9 Å². The third-order valence-electron chi connectivity index (χ3n) is 5.09. The summed E-state index contributed by atoms with van der Waals surface area (Å²) < 4.78 is 29.9. The van der Waals surface area contributed by atoms with Crippen molar-refractivity contribution in [3.05, 3.63) is 24.2 Å². The van der Waals surface area contributed by atoms with Crippen LogP contribution in [0.15, 0.2) is 22.7 Å². The van der Waals surface area contributed by atoms with E-state index in [2.05, 4.69) is 20.1 Å². The van der Waals surface area contributed by atoms with E-state index in [9.17, 15) is 13.6 Å². The number of hydrogen-bond acceptors (Lipinski definition) is 6. The van der Waals surface area contributed by atoms with Crippen LogP contribution >= 0.6 is 0 Å². The van der Waals surface area contributed by atoms with Gasteiger partial charge in [0.15, 0.2) is 0 Å². The minimum atomic E-state index is -2.80. The molecule has 0 radical (unpaired) electrons. The molecule has 2 aromatic heterocycles. The van der Waals surface area contributed by atoms with Crippen molar-refractivity contribution in [2.75, 3.05) is 31.1 Å². The molecule has 26 heavy (non-hydrogen) atoms. The molecule has 0 bridgehead atoms. The van der Waals surface area contributed by atoms with E-state index in [0.717, 1.165) is 31.7 Å². The SMILES string of the molecule is O=C(O)N1CC2(CCN(c3ccc(-c4nnc(C(F)F)o4)cn3)CC2)C1. The van der Waals surface area contributed by atoms with Crippen molar-refractivity contribution in [1.82, 2.24) is 20.1 Å². The molecule has 138 valence electrons. The number of carboxylic acid groups (broad SMARTS) is 1. The Morgan fingerprint density at radius 1 is 1.23 bits per heavy atom. The Kier molecular flexibility index (Phi) is 3.97. The predicted molar refractivity (Wildman–Crippen MR) is 86.0 cm³/mol. The Balaban J connectivity index is 1.38. The van der Waals surface area contributed by atoms with Crippen molar-refractivity contribution in [2.45, 2.75) is 19.3 Å². The molecule has 0 aliphatic carbocycles. The van der Waals surface area contributed by atoms with Gasteiger partial charge in [-0.15, -0.1) is 10.2 Å². The average Bonchev–Trinajstić information content (AvgIpc) is 3.10.